The first-order valence-corrected chi connectivity index (χ1v) is 8.50. The largest absolute Gasteiger partial charge is 0.378 e. The maximum Gasteiger partial charge on any atom is 0.195 e. The molecule has 0 unspecified atom stereocenters. The van der Waals surface area contributed by atoms with Crippen LogP contribution in [0.4, 0.5) is 0 Å². The van der Waals surface area contributed by atoms with Gasteiger partial charge in [0.1, 0.15) is 0 Å². The summed E-state index contributed by atoms with van der Waals surface area (Å²) in [4.78, 5) is 0. The van der Waals surface area contributed by atoms with Crippen LogP contribution in [0, 0.1) is 0 Å². The van der Waals surface area contributed by atoms with Gasteiger partial charge in [0.2, 0.25) is 0 Å². The van der Waals surface area contributed by atoms with Gasteiger partial charge in [0, 0.05) is 18.6 Å². The van der Waals surface area contributed by atoms with Gasteiger partial charge in [0.25, 0.3) is 0 Å². The first-order valence-electron chi connectivity index (χ1n) is 6.76. The minimum Gasteiger partial charge on any atom is -0.378 e. The Bertz CT molecular complexity index is 617. The summed E-state index contributed by atoms with van der Waals surface area (Å²) in [7, 11) is 0. The van der Waals surface area contributed by atoms with Gasteiger partial charge < -0.3 is 9.47 Å². The molecule has 0 bridgehead atoms. The molecule has 1 aliphatic rings. The van der Waals surface area contributed by atoms with Crippen molar-refractivity contribution in [2.75, 3.05) is 25.6 Å². The van der Waals surface area contributed by atoms with E-state index in [0.29, 0.717) is 28.9 Å². The summed E-state index contributed by atoms with van der Waals surface area (Å²) in [5.74, 6) is 0.789. The van der Waals surface area contributed by atoms with Crippen molar-refractivity contribution in [1.29, 1.82) is 0 Å². The fraction of sp³-hybridized carbons (Fsp3) is 0.538. The van der Waals surface area contributed by atoms with Crippen molar-refractivity contribution in [2.24, 2.45) is 0 Å². The molecule has 21 heavy (non-hydrogen) atoms. The maximum absolute atomic E-state index is 6.08. The Morgan fingerprint density at radius 2 is 2.33 bits per heavy atom. The second kappa shape index (κ2) is 7.15. The highest BCUT2D eigenvalue weighted by atomic mass is 35.5. The van der Waals surface area contributed by atoms with Crippen molar-refractivity contribution in [3.8, 4) is 0 Å². The fourth-order valence-electron chi connectivity index (χ4n) is 2.18. The van der Waals surface area contributed by atoms with Gasteiger partial charge >= 0.3 is 0 Å². The van der Waals surface area contributed by atoms with Gasteiger partial charge in [-0.3, -0.25) is 4.40 Å². The molecule has 0 N–H and O–H groups in total. The molecule has 0 saturated carbocycles. The van der Waals surface area contributed by atoms with E-state index >= 15 is 0 Å². The zero-order valence-electron chi connectivity index (χ0n) is 11.3. The quantitative estimate of drug-likeness (QED) is 0.592. The summed E-state index contributed by atoms with van der Waals surface area (Å²) < 4.78 is 12.9. The molecule has 0 radical (unpaired) electrons. The van der Waals surface area contributed by atoms with Crippen LogP contribution in [0.2, 0.25) is 10.0 Å². The minimum absolute atomic E-state index is 0.265. The predicted octanol–water partition coefficient (Wildman–Crippen LogP) is 3.32. The Morgan fingerprint density at radius 1 is 1.43 bits per heavy atom. The van der Waals surface area contributed by atoms with E-state index in [2.05, 4.69) is 10.2 Å². The SMILES string of the molecule is Clc1cc(Cl)c2nnc(SCCOC[C@@H]3CCCO3)n2c1. The van der Waals surface area contributed by atoms with Crippen molar-refractivity contribution < 1.29 is 9.47 Å². The van der Waals surface area contributed by atoms with Gasteiger partial charge in [-0.2, -0.15) is 0 Å². The van der Waals surface area contributed by atoms with Crippen molar-refractivity contribution in [1.82, 2.24) is 14.6 Å². The molecule has 0 aliphatic carbocycles. The second-order valence-corrected chi connectivity index (χ2v) is 6.65. The number of aromatic nitrogens is 3. The molecule has 0 amide bonds. The Hall–Kier alpha value is -0.530. The molecule has 1 fully saturated rings. The van der Waals surface area contributed by atoms with E-state index in [1.165, 1.54) is 0 Å². The molecule has 3 heterocycles. The number of fused-ring (bicyclic) bond motifs is 1. The van der Waals surface area contributed by atoms with Crippen molar-refractivity contribution in [2.45, 2.75) is 24.1 Å². The summed E-state index contributed by atoms with van der Waals surface area (Å²) in [6.07, 6.45) is 4.26. The molecule has 1 saturated heterocycles. The van der Waals surface area contributed by atoms with E-state index in [9.17, 15) is 0 Å². The highest BCUT2D eigenvalue weighted by molar-refractivity contribution is 7.99. The normalized spacial score (nSPS) is 18.7. The molecule has 2 aromatic heterocycles. The summed E-state index contributed by atoms with van der Waals surface area (Å²) in [5, 5.41) is 10.0. The molecule has 8 heteroatoms. The van der Waals surface area contributed by atoms with E-state index in [1.54, 1.807) is 28.4 Å². The van der Waals surface area contributed by atoms with E-state index in [0.717, 1.165) is 30.4 Å². The Kier molecular flexibility index (Phi) is 5.24. The summed E-state index contributed by atoms with van der Waals surface area (Å²) >= 11 is 13.6. The average molecular weight is 348 g/mol. The van der Waals surface area contributed by atoms with Crippen molar-refractivity contribution in [3.63, 3.8) is 0 Å². The van der Waals surface area contributed by atoms with Crippen LogP contribution < -0.4 is 0 Å². The third kappa shape index (κ3) is 3.81. The third-order valence-corrected chi connectivity index (χ3v) is 4.57. The zero-order chi connectivity index (χ0) is 14.7. The lowest BCUT2D eigenvalue weighted by molar-refractivity contribution is 0.0226. The van der Waals surface area contributed by atoms with Gasteiger partial charge in [0.05, 0.1) is 29.4 Å². The van der Waals surface area contributed by atoms with Crippen molar-refractivity contribution in [3.05, 3.63) is 22.3 Å². The van der Waals surface area contributed by atoms with Gasteiger partial charge in [-0.15, -0.1) is 10.2 Å². The number of pyridine rings is 1. The summed E-state index contributed by atoms with van der Waals surface area (Å²) in [6.45, 7) is 2.17. The number of nitrogens with zero attached hydrogens (tertiary/aromatic N) is 3. The van der Waals surface area contributed by atoms with Crippen LogP contribution in [0.25, 0.3) is 5.65 Å². The van der Waals surface area contributed by atoms with Gasteiger partial charge in [-0.05, 0) is 18.9 Å². The molecular weight excluding hydrogens is 333 g/mol. The first kappa shape index (κ1) is 15.4. The maximum atomic E-state index is 6.08. The van der Waals surface area contributed by atoms with Crippen LogP contribution in [-0.2, 0) is 9.47 Å². The van der Waals surface area contributed by atoms with Crippen LogP contribution in [-0.4, -0.2) is 46.3 Å². The predicted molar refractivity (Wildman–Crippen MR) is 83.5 cm³/mol. The van der Waals surface area contributed by atoms with E-state index in [1.807, 2.05) is 0 Å². The molecule has 0 aromatic carbocycles. The monoisotopic (exact) mass is 347 g/mol. The molecule has 0 spiro atoms. The standard InChI is InChI=1S/C13H15Cl2N3O2S/c14-9-6-11(15)12-16-17-13(18(12)7-9)21-5-4-19-8-10-2-1-3-20-10/h6-7,10H,1-5,8H2/t10-/m0/s1. The Labute approximate surface area is 136 Å². The third-order valence-electron chi connectivity index (χ3n) is 3.18. The average Bonchev–Trinajstić information content (AvgIpc) is 3.08. The minimum atomic E-state index is 0.265. The molecule has 114 valence electrons. The number of hydrogen-bond donors (Lipinski definition) is 0. The highest BCUT2D eigenvalue weighted by Crippen LogP contribution is 2.25. The second-order valence-electron chi connectivity index (χ2n) is 4.74. The highest BCUT2D eigenvalue weighted by Gasteiger charge is 2.15. The van der Waals surface area contributed by atoms with E-state index in [-0.39, 0.29) is 6.10 Å². The lowest BCUT2D eigenvalue weighted by atomic mass is 10.2. The zero-order valence-corrected chi connectivity index (χ0v) is 13.6. The first-order chi connectivity index (χ1) is 10.2. The molecular formula is C13H15Cl2N3O2S. The van der Waals surface area contributed by atoms with E-state index < -0.39 is 0 Å². The van der Waals surface area contributed by atoms with Gasteiger partial charge in [-0.25, -0.2) is 0 Å². The van der Waals surface area contributed by atoms with Crippen molar-refractivity contribution >= 4 is 40.6 Å². The Balaban J connectivity index is 1.51. The Morgan fingerprint density at radius 3 is 3.14 bits per heavy atom. The van der Waals surface area contributed by atoms with Crippen LogP contribution in [0.5, 0.6) is 0 Å². The number of rotatable bonds is 6. The summed E-state index contributed by atoms with van der Waals surface area (Å²) in [5.41, 5.74) is 0.615. The molecule has 1 atom stereocenters. The molecule has 5 nitrogen and oxygen atoms in total. The lowest BCUT2D eigenvalue weighted by Crippen LogP contribution is -2.15. The molecule has 1 aliphatic heterocycles. The number of thioether (sulfide) groups is 1. The van der Waals surface area contributed by atoms with Crippen LogP contribution in [0.1, 0.15) is 12.8 Å². The number of ether oxygens (including phenoxy) is 2. The van der Waals surface area contributed by atoms with Gasteiger partial charge in [-0.1, -0.05) is 35.0 Å². The summed E-state index contributed by atoms with van der Waals surface area (Å²) in [6, 6.07) is 1.66. The molecule has 3 rings (SSSR count). The van der Waals surface area contributed by atoms with Crippen LogP contribution in [0.15, 0.2) is 17.4 Å². The van der Waals surface area contributed by atoms with Crippen LogP contribution >= 0.6 is 35.0 Å². The lowest BCUT2D eigenvalue weighted by Gasteiger charge is -2.09. The topological polar surface area (TPSA) is 48.7 Å². The van der Waals surface area contributed by atoms with Crippen LogP contribution in [0.3, 0.4) is 0 Å². The fourth-order valence-corrected chi connectivity index (χ4v) is 3.45. The molecule has 2 aromatic rings. The van der Waals surface area contributed by atoms with E-state index in [4.69, 9.17) is 32.7 Å². The number of hydrogen-bond acceptors (Lipinski definition) is 5. The smallest absolute Gasteiger partial charge is 0.195 e. The van der Waals surface area contributed by atoms with Gasteiger partial charge in [0.15, 0.2) is 10.8 Å². The number of halogens is 2.